The summed E-state index contributed by atoms with van der Waals surface area (Å²) in [5.74, 6) is 0. The van der Waals surface area contributed by atoms with Crippen molar-refractivity contribution >= 4 is 11.3 Å². The summed E-state index contributed by atoms with van der Waals surface area (Å²) in [6, 6.07) is 2.23. The van der Waals surface area contributed by atoms with Gasteiger partial charge in [-0.25, -0.2) is 0 Å². The molecule has 0 saturated carbocycles. The van der Waals surface area contributed by atoms with Crippen LogP contribution in [-0.2, 0) is 6.42 Å². The second-order valence-corrected chi connectivity index (χ2v) is 6.86. The Hall–Kier alpha value is -0.340. The van der Waals surface area contributed by atoms with Gasteiger partial charge in [0, 0.05) is 12.1 Å². The van der Waals surface area contributed by atoms with Gasteiger partial charge in [0.2, 0.25) is 0 Å². The molecule has 1 aromatic rings. The lowest BCUT2D eigenvalue weighted by atomic mass is 9.86. The highest BCUT2D eigenvalue weighted by molar-refractivity contribution is 7.07. The fourth-order valence-electron chi connectivity index (χ4n) is 1.51. The molecule has 1 aromatic heterocycles. The number of hydrogen-bond donors (Lipinski definition) is 1. The maximum Gasteiger partial charge on any atom is 0.00967 e. The van der Waals surface area contributed by atoms with E-state index in [1.54, 1.807) is 11.3 Å². The smallest absolute Gasteiger partial charge is 0.00967 e. The molecule has 0 spiro atoms. The van der Waals surface area contributed by atoms with Crippen molar-refractivity contribution in [3.8, 4) is 0 Å². The van der Waals surface area contributed by atoms with E-state index in [0.717, 1.165) is 13.0 Å². The van der Waals surface area contributed by atoms with Crippen molar-refractivity contribution < 1.29 is 0 Å². The highest BCUT2D eigenvalue weighted by atomic mass is 32.1. The van der Waals surface area contributed by atoms with Crippen molar-refractivity contribution in [2.45, 2.75) is 46.6 Å². The Balaban J connectivity index is 2.45. The summed E-state index contributed by atoms with van der Waals surface area (Å²) in [5, 5.41) is 7.98. The Kier molecular flexibility index (Phi) is 3.96. The molecule has 0 saturated heterocycles. The topological polar surface area (TPSA) is 12.0 Å². The van der Waals surface area contributed by atoms with Gasteiger partial charge in [0.05, 0.1) is 0 Å². The Morgan fingerprint density at radius 3 is 2.33 bits per heavy atom. The van der Waals surface area contributed by atoms with Gasteiger partial charge in [0.15, 0.2) is 0 Å². The number of nitrogens with one attached hydrogen (secondary N) is 1. The van der Waals surface area contributed by atoms with Crippen molar-refractivity contribution in [2.75, 3.05) is 6.54 Å². The van der Waals surface area contributed by atoms with Gasteiger partial charge in [-0.3, -0.25) is 0 Å². The van der Waals surface area contributed by atoms with Crippen LogP contribution in [0.3, 0.4) is 0 Å². The Labute approximate surface area is 97.9 Å². The molecule has 1 rings (SSSR count). The van der Waals surface area contributed by atoms with Crippen molar-refractivity contribution in [2.24, 2.45) is 5.41 Å². The van der Waals surface area contributed by atoms with Crippen molar-refractivity contribution in [3.63, 3.8) is 0 Å². The molecule has 0 amide bonds. The van der Waals surface area contributed by atoms with E-state index in [1.165, 1.54) is 5.56 Å². The molecule has 0 fully saturated rings. The molecule has 1 nitrogen and oxygen atoms in total. The maximum absolute atomic E-state index is 3.58. The predicted molar refractivity (Wildman–Crippen MR) is 69.6 cm³/mol. The maximum atomic E-state index is 3.58. The summed E-state index contributed by atoms with van der Waals surface area (Å²) in [4.78, 5) is 0. The molecule has 0 aliphatic heterocycles. The Bertz CT molecular complexity index is 280. The van der Waals surface area contributed by atoms with Crippen LogP contribution in [0.15, 0.2) is 16.8 Å². The van der Waals surface area contributed by atoms with E-state index in [1.807, 2.05) is 0 Å². The van der Waals surface area contributed by atoms with Gasteiger partial charge in [-0.05, 0) is 55.0 Å². The lowest BCUT2D eigenvalue weighted by Gasteiger charge is -2.30. The molecule has 15 heavy (non-hydrogen) atoms. The molecule has 0 radical (unpaired) electrons. The van der Waals surface area contributed by atoms with Crippen molar-refractivity contribution in [1.82, 2.24) is 5.32 Å². The average Bonchev–Trinajstić information content (AvgIpc) is 2.52. The van der Waals surface area contributed by atoms with Gasteiger partial charge in [0.25, 0.3) is 0 Å². The summed E-state index contributed by atoms with van der Waals surface area (Å²) in [7, 11) is 0. The molecule has 0 aliphatic carbocycles. The zero-order valence-corrected chi connectivity index (χ0v) is 11.4. The van der Waals surface area contributed by atoms with Crippen LogP contribution in [0.25, 0.3) is 0 Å². The molecule has 0 bridgehead atoms. The number of hydrogen-bond acceptors (Lipinski definition) is 2. The van der Waals surface area contributed by atoms with E-state index >= 15 is 0 Å². The predicted octanol–water partition coefficient (Wildman–Crippen LogP) is 3.70. The van der Waals surface area contributed by atoms with E-state index in [4.69, 9.17) is 0 Å². The third-order valence-electron chi connectivity index (χ3n) is 2.36. The lowest BCUT2D eigenvalue weighted by molar-refractivity contribution is 0.289. The average molecular weight is 225 g/mol. The minimum absolute atomic E-state index is 0.214. The van der Waals surface area contributed by atoms with E-state index in [0.29, 0.717) is 5.41 Å². The first kappa shape index (κ1) is 12.7. The van der Waals surface area contributed by atoms with Crippen LogP contribution in [0, 0.1) is 5.41 Å². The zero-order valence-electron chi connectivity index (χ0n) is 10.6. The molecular formula is C13H23NS. The van der Waals surface area contributed by atoms with E-state index in [-0.39, 0.29) is 5.54 Å². The van der Waals surface area contributed by atoms with E-state index < -0.39 is 0 Å². The lowest BCUT2D eigenvalue weighted by Crippen LogP contribution is -2.42. The third-order valence-corrected chi connectivity index (χ3v) is 3.09. The molecule has 0 aromatic carbocycles. The minimum atomic E-state index is 0.214. The van der Waals surface area contributed by atoms with Crippen LogP contribution in [0.4, 0.5) is 0 Å². The SMILES string of the molecule is CC(C)(CNC(C)(C)C)Cc1ccsc1. The summed E-state index contributed by atoms with van der Waals surface area (Å²) in [5.41, 5.74) is 2.00. The van der Waals surface area contributed by atoms with E-state index in [2.05, 4.69) is 56.8 Å². The number of thiophene rings is 1. The second kappa shape index (κ2) is 4.67. The summed E-state index contributed by atoms with van der Waals surface area (Å²) < 4.78 is 0. The summed E-state index contributed by atoms with van der Waals surface area (Å²) in [6.45, 7) is 12.4. The number of rotatable bonds is 4. The van der Waals surface area contributed by atoms with Crippen molar-refractivity contribution in [3.05, 3.63) is 22.4 Å². The normalized spacial score (nSPS) is 13.1. The van der Waals surface area contributed by atoms with Gasteiger partial charge in [-0.15, -0.1) is 0 Å². The second-order valence-electron chi connectivity index (χ2n) is 6.08. The molecular weight excluding hydrogens is 202 g/mol. The molecule has 1 heterocycles. The zero-order chi connectivity index (χ0) is 11.5. The van der Waals surface area contributed by atoms with Crippen LogP contribution in [0.1, 0.15) is 40.2 Å². The molecule has 86 valence electrons. The highest BCUT2D eigenvalue weighted by Gasteiger charge is 2.21. The van der Waals surface area contributed by atoms with Gasteiger partial charge in [-0.2, -0.15) is 11.3 Å². The minimum Gasteiger partial charge on any atom is -0.312 e. The van der Waals surface area contributed by atoms with Crippen LogP contribution >= 0.6 is 11.3 Å². The largest absolute Gasteiger partial charge is 0.312 e. The van der Waals surface area contributed by atoms with Gasteiger partial charge in [-0.1, -0.05) is 13.8 Å². The first-order valence-corrected chi connectivity index (χ1v) is 6.49. The molecule has 1 N–H and O–H groups in total. The van der Waals surface area contributed by atoms with Gasteiger partial charge in [0.1, 0.15) is 0 Å². The highest BCUT2D eigenvalue weighted by Crippen LogP contribution is 2.23. The van der Waals surface area contributed by atoms with E-state index in [9.17, 15) is 0 Å². The van der Waals surface area contributed by atoms with Gasteiger partial charge >= 0.3 is 0 Å². The van der Waals surface area contributed by atoms with Crippen molar-refractivity contribution in [1.29, 1.82) is 0 Å². The monoisotopic (exact) mass is 225 g/mol. The van der Waals surface area contributed by atoms with Gasteiger partial charge < -0.3 is 5.32 Å². The summed E-state index contributed by atoms with van der Waals surface area (Å²) in [6.07, 6.45) is 1.15. The Morgan fingerprint density at radius 1 is 1.20 bits per heavy atom. The first-order chi connectivity index (χ1) is 6.79. The third kappa shape index (κ3) is 5.33. The molecule has 2 heteroatoms. The molecule has 0 aliphatic rings. The fourth-order valence-corrected chi connectivity index (χ4v) is 2.18. The Morgan fingerprint density at radius 2 is 1.87 bits per heavy atom. The quantitative estimate of drug-likeness (QED) is 0.824. The molecule has 0 unspecified atom stereocenters. The van der Waals surface area contributed by atoms with Crippen LogP contribution in [-0.4, -0.2) is 12.1 Å². The fraction of sp³-hybridized carbons (Fsp3) is 0.692. The van der Waals surface area contributed by atoms with Crippen LogP contribution in [0.5, 0.6) is 0 Å². The first-order valence-electron chi connectivity index (χ1n) is 5.55. The molecule has 0 atom stereocenters. The van der Waals surface area contributed by atoms with Crippen LogP contribution in [0.2, 0.25) is 0 Å². The van der Waals surface area contributed by atoms with Crippen LogP contribution < -0.4 is 5.32 Å². The standard InChI is InChI=1S/C13H23NS/c1-12(2,3)14-10-13(4,5)8-11-6-7-15-9-11/h6-7,9,14H,8,10H2,1-5H3. The summed E-state index contributed by atoms with van der Waals surface area (Å²) >= 11 is 1.78.